The fraction of sp³-hybridized carbons (Fsp3) is 0. The van der Waals surface area contributed by atoms with E-state index in [0.29, 0.717) is 0 Å². The highest BCUT2D eigenvalue weighted by Crippen LogP contribution is 2.39. The molecule has 0 bridgehead atoms. The minimum atomic E-state index is -4.59. The number of nitrogens with zero attached hydrogens (tertiary/aromatic N) is 1. The van der Waals surface area contributed by atoms with Gasteiger partial charge in [0.05, 0.1) is 0 Å². The number of rotatable bonds is 4. The van der Waals surface area contributed by atoms with Crippen molar-refractivity contribution in [3.8, 4) is 22.6 Å². The van der Waals surface area contributed by atoms with E-state index < -0.39 is 30.0 Å². The van der Waals surface area contributed by atoms with Crippen molar-refractivity contribution in [2.75, 3.05) is 0 Å². The predicted octanol–water partition coefficient (Wildman–Crippen LogP) is 2.79. The molecular weight excluding hydrogens is 402 g/mol. The Balaban J connectivity index is 2.36. The van der Waals surface area contributed by atoms with E-state index in [4.69, 9.17) is 4.42 Å². The zero-order valence-corrected chi connectivity index (χ0v) is 15.3. The lowest BCUT2D eigenvalue weighted by molar-refractivity contribution is 0.464. The topological polar surface area (TPSA) is 135 Å². The van der Waals surface area contributed by atoms with E-state index in [2.05, 4.69) is 17.6 Å². The summed E-state index contributed by atoms with van der Waals surface area (Å²) in [6, 6.07) is 10.9. The molecule has 3 aromatic rings. The fourth-order valence-electron chi connectivity index (χ4n) is 2.44. The molecule has 0 aliphatic heterocycles. The first-order valence-electron chi connectivity index (χ1n) is 6.92. The summed E-state index contributed by atoms with van der Waals surface area (Å²) in [5, 5.41) is -0.162. The Kier molecular flexibility index (Phi) is 4.67. The molecule has 8 nitrogen and oxygen atoms in total. The van der Waals surface area contributed by atoms with E-state index in [1.807, 2.05) is 0 Å². The highest BCUT2D eigenvalue weighted by molar-refractivity contribution is 7.86. The summed E-state index contributed by atoms with van der Waals surface area (Å²) in [7, 11) is -9.17. The van der Waals surface area contributed by atoms with Crippen molar-refractivity contribution in [1.82, 2.24) is 4.98 Å². The van der Waals surface area contributed by atoms with E-state index in [0.717, 1.165) is 12.1 Å². The Bertz CT molecular complexity index is 1100. The van der Waals surface area contributed by atoms with Gasteiger partial charge in [-0.3, -0.25) is 9.11 Å². The molecule has 136 valence electrons. The molecule has 0 fully saturated rings. The quantitative estimate of drug-likeness (QED) is 0.439. The monoisotopic (exact) mass is 413 g/mol. The molecule has 0 atom stereocenters. The van der Waals surface area contributed by atoms with Crippen molar-refractivity contribution in [3.63, 3.8) is 0 Å². The van der Waals surface area contributed by atoms with E-state index in [1.165, 1.54) is 36.4 Å². The molecule has 11 heteroatoms. The van der Waals surface area contributed by atoms with Crippen LogP contribution in [0.5, 0.6) is 0 Å². The molecule has 0 spiro atoms. The van der Waals surface area contributed by atoms with Gasteiger partial charge in [0.2, 0.25) is 0 Å². The lowest BCUT2D eigenvalue weighted by atomic mass is 10.1. The SMILES string of the molecule is O=S(=O)(O)c1ccccc1-c1nc(S)oc1-c1ccccc1S(=O)(=O)O. The van der Waals surface area contributed by atoms with Crippen molar-refractivity contribution in [2.24, 2.45) is 0 Å². The summed E-state index contributed by atoms with van der Waals surface area (Å²) < 4.78 is 70.8. The lowest BCUT2D eigenvalue weighted by Crippen LogP contribution is -2.02. The summed E-state index contributed by atoms with van der Waals surface area (Å²) in [5.41, 5.74) is -0.110. The van der Waals surface area contributed by atoms with Gasteiger partial charge < -0.3 is 4.42 Å². The second-order valence-electron chi connectivity index (χ2n) is 5.12. The number of oxazole rings is 1. The Morgan fingerprint density at radius 1 is 0.808 bits per heavy atom. The zero-order chi connectivity index (χ0) is 19.1. The first-order chi connectivity index (χ1) is 12.1. The average molecular weight is 413 g/mol. The Morgan fingerprint density at radius 3 is 1.81 bits per heavy atom. The van der Waals surface area contributed by atoms with Crippen LogP contribution in [0, 0.1) is 0 Å². The summed E-state index contributed by atoms with van der Waals surface area (Å²) >= 11 is 3.99. The summed E-state index contributed by atoms with van der Waals surface area (Å²) in [6.07, 6.45) is 0. The number of aromatic nitrogens is 1. The summed E-state index contributed by atoms with van der Waals surface area (Å²) in [5.74, 6) is -0.126. The van der Waals surface area contributed by atoms with Gasteiger partial charge in [-0.05, 0) is 18.2 Å². The third-order valence-corrected chi connectivity index (χ3v) is 5.46. The minimum absolute atomic E-state index is 0.0146. The van der Waals surface area contributed by atoms with Crippen LogP contribution in [0.3, 0.4) is 0 Å². The van der Waals surface area contributed by atoms with Crippen LogP contribution in [0.1, 0.15) is 0 Å². The van der Waals surface area contributed by atoms with Crippen molar-refractivity contribution >= 4 is 32.9 Å². The molecule has 0 radical (unpaired) electrons. The first-order valence-corrected chi connectivity index (χ1v) is 10.3. The zero-order valence-electron chi connectivity index (χ0n) is 12.8. The molecule has 0 saturated heterocycles. The summed E-state index contributed by atoms with van der Waals surface area (Å²) in [4.78, 5) is 3.11. The van der Waals surface area contributed by atoms with Crippen molar-refractivity contribution in [1.29, 1.82) is 0 Å². The van der Waals surface area contributed by atoms with Crippen molar-refractivity contribution < 1.29 is 30.4 Å². The number of benzene rings is 2. The van der Waals surface area contributed by atoms with Crippen LogP contribution >= 0.6 is 12.6 Å². The van der Waals surface area contributed by atoms with Crippen LogP contribution in [0.25, 0.3) is 22.6 Å². The maximum absolute atomic E-state index is 11.7. The van der Waals surface area contributed by atoms with E-state index in [-0.39, 0.29) is 27.8 Å². The van der Waals surface area contributed by atoms with Gasteiger partial charge in [0, 0.05) is 11.1 Å². The van der Waals surface area contributed by atoms with Gasteiger partial charge in [-0.2, -0.15) is 16.8 Å². The molecule has 1 heterocycles. The van der Waals surface area contributed by atoms with E-state index in [9.17, 15) is 25.9 Å². The van der Waals surface area contributed by atoms with E-state index in [1.54, 1.807) is 0 Å². The molecule has 0 amide bonds. The minimum Gasteiger partial charge on any atom is -0.431 e. The van der Waals surface area contributed by atoms with Crippen LogP contribution in [-0.4, -0.2) is 30.9 Å². The maximum atomic E-state index is 11.7. The molecule has 2 aromatic carbocycles. The highest BCUT2D eigenvalue weighted by atomic mass is 32.2. The predicted molar refractivity (Wildman–Crippen MR) is 94.3 cm³/mol. The number of hydrogen-bond acceptors (Lipinski definition) is 7. The molecule has 26 heavy (non-hydrogen) atoms. The van der Waals surface area contributed by atoms with Crippen LogP contribution in [0.15, 0.2) is 68.0 Å². The van der Waals surface area contributed by atoms with Gasteiger partial charge in [-0.15, -0.1) is 0 Å². The van der Waals surface area contributed by atoms with Crippen LogP contribution in [0.2, 0.25) is 0 Å². The molecule has 0 saturated carbocycles. The maximum Gasteiger partial charge on any atom is 0.295 e. The normalized spacial score (nSPS) is 12.3. The second-order valence-corrected chi connectivity index (χ2v) is 8.28. The van der Waals surface area contributed by atoms with Crippen molar-refractivity contribution in [2.45, 2.75) is 15.0 Å². The average Bonchev–Trinajstić information content (AvgIpc) is 2.95. The van der Waals surface area contributed by atoms with Crippen LogP contribution in [-0.2, 0) is 20.2 Å². The smallest absolute Gasteiger partial charge is 0.295 e. The van der Waals surface area contributed by atoms with Gasteiger partial charge >= 0.3 is 0 Å². The summed E-state index contributed by atoms with van der Waals surface area (Å²) in [6.45, 7) is 0. The third kappa shape index (κ3) is 3.52. The Hall–Kier alpha value is -2.18. The highest BCUT2D eigenvalue weighted by Gasteiger charge is 2.26. The molecule has 0 unspecified atom stereocenters. The lowest BCUT2D eigenvalue weighted by Gasteiger charge is -2.08. The van der Waals surface area contributed by atoms with Gasteiger partial charge in [-0.25, -0.2) is 4.98 Å². The van der Waals surface area contributed by atoms with Gasteiger partial charge in [-0.1, -0.05) is 43.0 Å². The number of thiol groups is 1. The van der Waals surface area contributed by atoms with Crippen molar-refractivity contribution in [3.05, 3.63) is 48.5 Å². The fourth-order valence-corrected chi connectivity index (χ4v) is 4.01. The molecule has 1 aromatic heterocycles. The Labute approximate surface area is 154 Å². The Morgan fingerprint density at radius 2 is 1.27 bits per heavy atom. The molecular formula is C15H11NO7S3. The first kappa shape index (κ1) is 18.6. The molecule has 0 aliphatic rings. The standard InChI is InChI=1S/C15H11NO7S3/c17-25(18,19)11-7-3-1-5-9(11)13-14(23-15(24)16-13)10-6-2-4-8-12(10)26(20,21)22/h1-8H,(H,16,24)(H,17,18,19)(H,20,21,22). The second kappa shape index (κ2) is 6.52. The third-order valence-electron chi connectivity index (χ3n) is 3.45. The van der Waals surface area contributed by atoms with Crippen LogP contribution < -0.4 is 0 Å². The van der Waals surface area contributed by atoms with Gasteiger partial charge in [0.15, 0.2) is 5.76 Å². The largest absolute Gasteiger partial charge is 0.431 e. The molecule has 3 rings (SSSR count). The number of hydrogen-bond donors (Lipinski definition) is 3. The van der Waals surface area contributed by atoms with Crippen LogP contribution in [0.4, 0.5) is 0 Å². The van der Waals surface area contributed by atoms with E-state index >= 15 is 0 Å². The molecule has 2 N–H and O–H groups in total. The van der Waals surface area contributed by atoms with Gasteiger partial charge in [0.1, 0.15) is 15.5 Å². The van der Waals surface area contributed by atoms with Gasteiger partial charge in [0.25, 0.3) is 25.5 Å². The molecule has 0 aliphatic carbocycles.